The number of rotatable bonds is 8. The van der Waals surface area contributed by atoms with Gasteiger partial charge >= 0.3 is 0 Å². The quantitative estimate of drug-likeness (QED) is 0.760. The van der Waals surface area contributed by atoms with Crippen LogP contribution in [0.3, 0.4) is 0 Å². The van der Waals surface area contributed by atoms with Crippen LogP contribution in [0.4, 0.5) is 0 Å². The van der Waals surface area contributed by atoms with E-state index in [1.807, 2.05) is 17.9 Å². The molecule has 1 aromatic rings. The fourth-order valence-corrected chi connectivity index (χ4v) is 3.62. The van der Waals surface area contributed by atoms with Crippen LogP contribution in [-0.4, -0.2) is 23.9 Å². The van der Waals surface area contributed by atoms with E-state index in [1.165, 1.54) is 4.88 Å². The second-order valence-corrected chi connectivity index (χ2v) is 8.36. The lowest BCUT2D eigenvalue weighted by Crippen LogP contribution is -2.31. The molecule has 2 N–H and O–H groups in total. The second kappa shape index (κ2) is 8.15. The van der Waals surface area contributed by atoms with E-state index in [0.717, 1.165) is 23.2 Å². The van der Waals surface area contributed by atoms with E-state index in [0.29, 0.717) is 19.5 Å². The smallest absolute Gasteiger partial charge is 0.222 e. The van der Waals surface area contributed by atoms with Gasteiger partial charge in [-0.2, -0.15) is 0 Å². The summed E-state index contributed by atoms with van der Waals surface area (Å²) in [6.07, 6.45) is 2.46. The Kier molecular flexibility index (Phi) is 7.20. The Morgan fingerprint density at radius 3 is 2.60 bits per heavy atom. The highest BCUT2D eigenvalue weighted by molar-refractivity contribution is 9.11. The summed E-state index contributed by atoms with van der Waals surface area (Å²) >= 11 is 5.15. The molecule has 20 heavy (non-hydrogen) atoms. The summed E-state index contributed by atoms with van der Waals surface area (Å²) in [5, 5.41) is 0. The van der Waals surface area contributed by atoms with Crippen LogP contribution in [0.5, 0.6) is 0 Å². The number of hydrogen-bond donors (Lipinski definition) is 1. The Morgan fingerprint density at radius 1 is 1.40 bits per heavy atom. The van der Waals surface area contributed by atoms with Crippen molar-refractivity contribution in [1.82, 2.24) is 4.90 Å². The Hall–Kier alpha value is -0.390. The lowest BCUT2D eigenvalue weighted by atomic mass is 9.84. The van der Waals surface area contributed by atoms with Crippen molar-refractivity contribution in [2.24, 2.45) is 11.1 Å². The summed E-state index contributed by atoms with van der Waals surface area (Å²) in [5.41, 5.74) is 5.76. The van der Waals surface area contributed by atoms with Crippen molar-refractivity contribution in [2.75, 3.05) is 13.1 Å². The van der Waals surface area contributed by atoms with Crippen molar-refractivity contribution >= 4 is 33.2 Å². The highest BCUT2D eigenvalue weighted by Crippen LogP contribution is 2.27. The van der Waals surface area contributed by atoms with Crippen LogP contribution in [-0.2, 0) is 11.3 Å². The Morgan fingerprint density at radius 2 is 2.10 bits per heavy atom. The van der Waals surface area contributed by atoms with Gasteiger partial charge in [-0.3, -0.25) is 4.79 Å². The first kappa shape index (κ1) is 17.7. The SMILES string of the molecule is CCN(Cc1ccc(Br)s1)C(=O)CCC(C)(C)CCN. The van der Waals surface area contributed by atoms with Crippen LogP contribution < -0.4 is 5.73 Å². The highest BCUT2D eigenvalue weighted by atomic mass is 79.9. The number of nitrogens with two attached hydrogens (primary N) is 1. The molecular weight excluding hydrogens is 336 g/mol. The first-order valence-corrected chi connectivity index (χ1v) is 8.71. The van der Waals surface area contributed by atoms with E-state index in [-0.39, 0.29) is 11.3 Å². The van der Waals surface area contributed by atoms with E-state index >= 15 is 0 Å². The number of hydrogen-bond acceptors (Lipinski definition) is 3. The van der Waals surface area contributed by atoms with Gasteiger partial charge in [-0.1, -0.05) is 13.8 Å². The van der Waals surface area contributed by atoms with Crippen molar-refractivity contribution in [2.45, 2.75) is 46.6 Å². The number of nitrogens with zero attached hydrogens (tertiary/aromatic N) is 1. The molecule has 3 nitrogen and oxygen atoms in total. The molecule has 0 aliphatic rings. The molecule has 0 radical (unpaired) electrons. The van der Waals surface area contributed by atoms with Crippen molar-refractivity contribution in [3.05, 3.63) is 20.8 Å². The maximum absolute atomic E-state index is 12.3. The first-order chi connectivity index (χ1) is 9.38. The number of amides is 1. The van der Waals surface area contributed by atoms with Crippen molar-refractivity contribution in [3.63, 3.8) is 0 Å². The van der Waals surface area contributed by atoms with Crippen LogP contribution in [0.25, 0.3) is 0 Å². The van der Waals surface area contributed by atoms with Crippen molar-refractivity contribution in [3.8, 4) is 0 Å². The predicted octanol–water partition coefficient (Wildman–Crippen LogP) is 4.01. The molecule has 0 aromatic carbocycles. The van der Waals surface area contributed by atoms with Gasteiger partial charge in [-0.05, 0) is 59.8 Å². The van der Waals surface area contributed by atoms with Gasteiger partial charge in [0.15, 0.2) is 0 Å². The zero-order valence-electron chi connectivity index (χ0n) is 12.6. The maximum Gasteiger partial charge on any atom is 0.222 e. The summed E-state index contributed by atoms with van der Waals surface area (Å²) in [4.78, 5) is 15.5. The third kappa shape index (κ3) is 5.94. The van der Waals surface area contributed by atoms with Crippen LogP contribution in [0.1, 0.15) is 44.9 Å². The van der Waals surface area contributed by atoms with Crippen molar-refractivity contribution in [1.29, 1.82) is 0 Å². The fraction of sp³-hybridized carbons (Fsp3) is 0.667. The van der Waals surface area contributed by atoms with Gasteiger partial charge in [0.05, 0.1) is 10.3 Å². The number of carbonyl (C=O) groups is 1. The van der Waals surface area contributed by atoms with E-state index in [1.54, 1.807) is 11.3 Å². The molecule has 0 saturated carbocycles. The van der Waals surface area contributed by atoms with Gasteiger partial charge in [-0.25, -0.2) is 0 Å². The molecule has 1 aromatic heterocycles. The molecule has 0 fully saturated rings. The normalized spacial score (nSPS) is 11.7. The minimum absolute atomic E-state index is 0.149. The molecule has 1 rings (SSSR count). The molecule has 0 aliphatic heterocycles. The van der Waals surface area contributed by atoms with Crippen LogP contribution in [0, 0.1) is 5.41 Å². The molecule has 0 aliphatic carbocycles. The van der Waals surface area contributed by atoms with E-state index in [4.69, 9.17) is 5.73 Å². The van der Waals surface area contributed by atoms with Gasteiger partial charge in [0.1, 0.15) is 0 Å². The summed E-state index contributed by atoms with van der Waals surface area (Å²) < 4.78 is 1.11. The molecular formula is C15H25BrN2OS. The second-order valence-electron chi connectivity index (χ2n) is 5.82. The lowest BCUT2D eigenvalue weighted by molar-refractivity contribution is -0.132. The van der Waals surface area contributed by atoms with Gasteiger partial charge in [0, 0.05) is 17.8 Å². The third-order valence-corrected chi connectivity index (χ3v) is 5.16. The molecule has 0 saturated heterocycles. The molecule has 114 valence electrons. The molecule has 1 amide bonds. The van der Waals surface area contributed by atoms with Gasteiger partial charge < -0.3 is 10.6 Å². The number of thiophene rings is 1. The van der Waals surface area contributed by atoms with Crippen LogP contribution >= 0.6 is 27.3 Å². The fourth-order valence-electron chi connectivity index (χ4n) is 2.12. The summed E-state index contributed by atoms with van der Waals surface area (Å²) in [6.45, 7) is 8.54. The standard InChI is InChI=1S/C15H25BrN2OS/c1-4-18(11-12-5-6-13(16)20-12)14(19)7-8-15(2,3)9-10-17/h5-6H,4,7-11,17H2,1-3H3. The summed E-state index contributed by atoms with van der Waals surface area (Å²) in [7, 11) is 0. The molecule has 0 unspecified atom stereocenters. The molecule has 1 heterocycles. The lowest BCUT2D eigenvalue weighted by Gasteiger charge is -2.26. The minimum atomic E-state index is 0.149. The largest absolute Gasteiger partial charge is 0.338 e. The summed E-state index contributed by atoms with van der Waals surface area (Å²) in [6, 6.07) is 4.10. The zero-order valence-corrected chi connectivity index (χ0v) is 15.0. The molecule has 0 atom stereocenters. The number of carbonyl (C=O) groups excluding carboxylic acids is 1. The van der Waals surface area contributed by atoms with Gasteiger partial charge in [-0.15, -0.1) is 11.3 Å². The van der Waals surface area contributed by atoms with Gasteiger partial charge in [0.25, 0.3) is 0 Å². The summed E-state index contributed by atoms with van der Waals surface area (Å²) in [5.74, 6) is 0.238. The first-order valence-electron chi connectivity index (χ1n) is 7.10. The van der Waals surface area contributed by atoms with Gasteiger partial charge in [0.2, 0.25) is 5.91 Å². The zero-order chi connectivity index (χ0) is 15.2. The minimum Gasteiger partial charge on any atom is -0.338 e. The van der Waals surface area contributed by atoms with E-state index < -0.39 is 0 Å². The number of halogens is 1. The monoisotopic (exact) mass is 360 g/mol. The van der Waals surface area contributed by atoms with E-state index in [2.05, 4.69) is 35.8 Å². The molecule has 5 heteroatoms. The topological polar surface area (TPSA) is 46.3 Å². The Balaban J connectivity index is 2.50. The Bertz CT molecular complexity index is 431. The van der Waals surface area contributed by atoms with Crippen LogP contribution in [0.2, 0.25) is 0 Å². The molecule has 0 spiro atoms. The average Bonchev–Trinajstić information content (AvgIpc) is 2.79. The maximum atomic E-state index is 12.3. The highest BCUT2D eigenvalue weighted by Gasteiger charge is 2.20. The van der Waals surface area contributed by atoms with Crippen LogP contribution in [0.15, 0.2) is 15.9 Å². The Labute approximate surface area is 134 Å². The molecule has 0 bridgehead atoms. The predicted molar refractivity (Wildman–Crippen MR) is 89.8 cm³/mol. The van der Waals surface area contributed by atoms with E-state index in [9.17, 15) is 4.79 Å². The average molecular weight is 361 g/mol. The third-order valence-electron chi connectivity index (χ3n) is 3.55. The van der Waals surface area contributed by atoms with Crippen molar-refractivity contribution < 1.29 is 4.79 Å².